The van der Waals surface area contributed by atoms with Gasteiger partial charge in [0.2, 0.25) is 5.13 Å². The van der Waals surface area contributed by atoms with Gasteiger partial charge >= 0.3 is 0 Å². The summed E-state index contributed by atoms with van der Waals surface area (Å²) in [6, 6.07) is 6.30. The van der Waals surface area contributed by atoms with Gasteiger partial charge in [-0.3, -0.25) is 4.68 Å². The van der Waals surface area contributed by atoms with Crippen molar-refractivity contribution >= 4 is 45.2 Å². The Morgan fingerprint density at radius 2 is 2.14 bits per heavy atom. The van der Waals surface area contributed by atoms with Gasteiger partial charge in [0.15, 0.2) is 16.9 Å². The number of anilines is 2. The van der Waals surface area contributed by atoms with E-state index in [1.54, 1.807) is 29.1 Å². The number of aryl methyl sites for hydroxylation is 1. The van der Waals surface area contributed by atoms with Crippen molar-refractivity contribution in [3.8, 4) is 0 Å². The fourth-order valence-corrected chi connectivity index (χ4v) is 4.29. The summed E-state index contributed by atoms with van der Waals surface area (Å²) in [5.41, 5.74) is 1.22. The van der Waals surface area contributed by atoms with Gasteiger partial charge in [-0.15, -0.1) is 21.5 Å². The quantitative estimate of drug-likeness (QED) is 0.471. The van der Waals surface area contributed by atoms with Crippen LogP contribution in [-0.2, 0) is 6.54 Å². The Hall–Kier alpha value is -2.40. The molecule has 28 heavy (non-hydrogen) atoms. The molecule has 0 saturated heterocycles. The summed E-state index contributed by atoms with van der Waals surface area (Å²) in [7, 11) is 0. The van der Waals surface area contributed by atoms with Gasteiger partial charge < -0.3 is 10.4 Å². The zero-order valence-corrected chi connectivity index (χ0v) is 16.9. The number of hydrogen-bond donors (Lipinski definition) is 2. The molecule has 0 saturated carbocycles. The van der Waals surface area contributed by atoms with Crippen molar-refractivity contribution in [2.75, 3.05) is 5.32 Å². The fraction of sp³-hybridized carbons (Fsp3) is 0.176. The smallest absolute Gasteiger partial charge is 0.211 e. The Morgan fingerprint density at radius 1 is 1.29 bits per heavy atom. The van der Waals surface area contributed by atoms with E-state index in [2.05, 4.69) is 25.6 Å². The van der Waals surface area contributed by atoms with Crippen LogP contribution in [0.1, 0.15) is 27.4 Å². The maximum Gasteiger partial charge on any atom is 0.211 e. The minimum Gasteiger partial charge on any atom is -0.379 e. The maximum absolute atomic E-state index is 13.9. The monoisotopic (exact) mass is 436 g/mol. The van der Waals surface area contributed by atoms with Gasteiger partial charge in [0.1, 0.15) is 10.8 Å². The first-order valence-corrected chi connectivity index (χ1v) is 10.2. The van der Waals surface area contributed by atoms with Crippen molar-refractivity contribution in [2.45, 2.75) is 19.6 Å². The highest BCUT2D eigenvalue weighted by Crippen LogP contribution is 2.30. The Bertz CT molecular complexity index is 1090. The van der Waals surface area contributed by atoms with E-state index < -0.39 is 6.10 Å². The molecule has 3 heterocycles. The molecule has 0 spiro atoms. The van der Waals surface area contributed by atoms with Gasteiger partial charge in [-0.1, -0.05) is 29.0 Å². The normalized spacial score (nSPS) is 12.3. The molecule has 3 aromatic heterocycles. The van der Waals surface area contributed by atoms with Gasteiger partial charge in [0.05, 0.1) is 6.54 Å². The second kappa shape index (κ2) is 7.92. The highest BCUT2D eigenvalue weighted by molar-refractivity contribution is 7.15. The molecule has 0 radical (unpaired) electrons. The van der Waals surface area contributed by atoms with Crippen LogP contribution in [0.3, 0.4) is 0 Å². The topological polar surface area (TPSA) is 88.8 Å². The molecule has 1 aromatic carbocycles. The largest absolute Gasteiger partial charge is 0.379 e. The molecule has 2 N–H and O–H groups in total. The number of nitrogens with one attached hydrogen (secondary N) is 1. The molecule has 0 fully saturated rings. The third kappa shape index (κ3) is 4.04. The number of benzene rings is 1. The molecule has 0 amide bonds. The van der Waals surface area contributed by atoms with E-state index in [0.717, 1.165) is 5.69 Å². The predicted molar refractivity (Wildman–Crippen MR) is 107 cm³/mol. The molecule has 4 rings (SSSR count). The van der Waals surface area contributed by atoms with Crippen LogP contribution in [0.2, 0.25) is 5.02 Å². The summed E-state index contributed by atoms with van der Waals surface area (Å²) in [5, 5.41) is 29.5. The third-order valence-electron chi connectivity index (χ3n) is 3.80. The lowest BCUT2D eigenvalue weighted by Crippen LogP contribution is -2.04. The molecular formula is C17H14ClFN6OS2. The van der Waals surface area contributed by atoms with E-state index in [1.807, 2.05) is 12.3 Å². The van der Waals surface area contributed by atoms with Gasteiger partial charge in [-0.25, -0.2) is 9.37 Å². The predicted octanol–water partition coefficient (Wildman–Crippen LogP) is 4.17. The fourth-order valence-electron chi connectivity index (χ4n) is 2.47. The summed E-state index contributed by atoms with van der Waals surface area (Å²) in [5.74, 6) is 0.146. The summed E-state index contributed by atoms with van der Waals surface area (Å²) >= 11 is 8.64. The van der Waals surface area contributed by atoms with Gasteiger partial charge in [0, 0.05) is 33.9 Å². The molecule has 4 aromatic rings. The van der Waals surface area contributed by atoms with Crippen molar-refractivity contribution in [1.29, 1.82) is 0 Å². The molecule has 0 aliphatic rings. The number of halogens is 2. The lowest BCUT2D eigenvalue weighted by molar-refractivity contribution is 0.218. The van der Waals surface area contributed by atoms with Crippen molar-refractivity contribution in [2.24, 2.45) is 0 Å². The van der Waals surface area contributed by atoms with Crippen LogP contribution in [-0.4, -0.2) is 30.1 Å². The Labute approximate surface area is 172 Å². The number of thiazole rings is 1. The lowest BCUT2D eigenvalue weighted by atomic mass is 10.2. The van der Waals surface area contributed by atoms with Crippen molar-refractivity contribution < 1.29 is 9.50 Å². The third-order valence-corrected chi connectivity index (χ3v) is 6.06. The van der Waals surface area contributed by atoms with Crippen LogP contribution in [0.15, 0.2) is 35.8 Å². The van der Waals surface area contributed by atoms with Crippen molar-refractivity contribution in [1.82, 2.24) is 25.0 Å². The van der Waals surface area contributed by atoms with E-state index in [4.69, 9.17) is 11.6 Å². The van der Waals surface area contributed by atoms with E-state index in [9.17, 15) is 9.50 Å². The second-order valence-corrected chi connectivity index (χ2v) is 8.20. The lowest BCUT2D eigenvalue weighted by Gasteiger charge is -2.05. The van der Waals surface area contributed by atoms with Gasteiger partial charge in [0.25, 0.3) is 0 Å². The first kappa shape index (κ1) is 18.9. The van der Waals surface area contributed by atoms with Crippen LogP contribution < -0.4 is 5.32 Å². The summed E-state index contributed by atoms with van der Waals surface area (Å²) < 4.78 is 15.5. The first-order chi connectivity index (χ1) is 13.5. The summed E-state index contributed by atoms with van der Waals surface area (Å²) in [6.45, 7) is 2.07. The molecule has 1 atom stereocenters. The molecule has 11 heteroatoms. The standard InChI is InChI=1S/C17H14ClFN6OS2/c1-9-8-27-15(20-9)14(26)16-22-23-17(28-16)21-13-5-6-25(24-13)7-10-11(18)3-2-4-12(10)19/h2-6,8,14,26H,7H2,1H3,(H,21,23,24)/t14-/m0/s1. The van der Waals surface area contributed by atoms with Crippen LogP contribution in [0.4, 0.5) is 15.3 Å². The zero-order valence-electron chi connectivity index (χ0n) is 14.5. The van der Waals surface area contributed by atoms with E-state index in [-0.39, 0.29) is 12.4 Å². The molecule has 0 bridgehead atoms. The van der Waals surface area contributed by atoms with Gasteiger partial charge in [-0.2, -0.15) is 5.10 Å². The molecule has 144 valence electrons. The van der Waals surface area contributed by atoms with E-state index in [0.29, 0.717) is 31.6 Å². The number of aliphatic hydroxyl groups is 1. The highest BCUT2D eigenvalue weighted by Gasteiger charge is 2.19. The Balaban J connectivity index is 1.45. The highest BCUT2D eigenvalue weighted by atomic mass is 35.5. The van der Waals surface area contributed by atoms with Crippen LogP contribution in [0, 0.1) is 12.7 Å². The number of aliphatic hydroxyl groups excluding tert-OH is 1. The SMILES string of the molecule is Cc1csc([C@H](O)c2nnc(Nc3ccn(Cc4c(F)cccc4Cl)n3)s2)n1. The average Bonchev–Trinajstić information content (AvgIpc) is 3.40. The first-order valence-electron chi connectivity index (χ1n) is 8.16. The summed E-state index contributed by atoms with van der Waals surface area (Å²) in [4.78, 5) is 4.27. The van der Waals surface area contributed by atoms with Crippen molar-refractivity contribution in [3.05, 3.63) is 68.0 Å². The van der Waals surface area contributed by atoms with Gasteiger partial charge in [-0.05, 0) is 19.1 Å². The molecule has 0 unspecified atom stereocenters. The minimum atomic E-state index is -0.910. The number of aromatic nitrogens is 5. The maximum atomic E-state index is 13.9. The number of rotatable bonds is 6. The summed E-state index contributed by atoms with van der Waals surface area (Å²) in [6.07, 6.45) is 0.799. The molecule has 0 aliphatic carbocycles. The Kier molecular flexibility index (Phi) is 5.36. The average molecular weight is 437 g/mol. The molecule has 0 aliphatic heterocycles. The number of nitrogens with zero attached hydrogens (tertiary/aromatic N) is 5. The molecule has 7 nitrogen and oxygen atoms in total. The minimum absolute atomic E-state index is 0.205. The molecular weight excluding hydrogens is 423 g/mol. The number of hydrogen-bond acceptors (Lipinski definition) is 8. The van der Waals surface area contributed by atoms with E-state index >= 15 is 0 Å². The van der Waals surface area contributed by atoms with Crippen LogP contribution in [0.25, 0.3) is 0 Å². The Morgan fingerprint density at radius 3 is 2.89 bits per heavy atom. The second-order valence-electron chi connectivity index (χ2n) is 5.90. The van der Waals surface area contributed by atoms with E-state index in [1.165, 1.54) is 28.7 Å². The van der Waals surface area contributed by atoms with Crippen LogP contribution in [0.5, 0.6) is 0 Å². The zero-order chi connectivity index (χ0) is 19.7. The van der Waals surface area contributed by atoms with Crippen LogP contribution >= 0.6 is 34.3 Å². The van der Waals surface area contributed by atoms with Crippen molar-refractivity contribution in [3.63, 3.8) is 0 Å².